The lowest BCUT2D eigenvalue weighted by Crippen LogP contribution is -2.48. The topological polar surface area (TPSA) is 96.0 Å². The number of sulfonamides is 1. The number of morpholine rings is 1. The predicted octanol–water partition coefficient (Wildman–Crippen LogP) is 5.01. The summed E-state index contributed by atoms with van der Waals surface area (Å²) >= 11 is 6.63. The second-order valence-electron chi connectivity index (χ2n) is 11.1. The Kier molecular flexibility index (Phi) is 9.21. The maximum absolute atomic E-state index is 13.0. The standard InChI is InChI=1S/C29H35N3O5S3/c1-19-17-31(18-20(2)37-19)40(35,36)24-12-10-23(11-13-24)30-26(33)14-15-32-27(34)25(39-28(32)38)16-21-6-8-22(9-7-21)29(3,4)5/h6-13,16,19-20H,14-15,17-18H2,1-5H3,(H,30,33)/b25-16-/t19-,20-/m0/s1. The molecule has 8 nitrogen and oxygen atoms in total. The molecule has 2 fully saturated rings. The number of carbonyl (C=O) groups excluding carboxylic acids is 2. The maximum Gasteiger partial charge on any atom is 0.266 e. The van der Waals surface area contributed by atoms with Crippen molar-refractivity contribution in [3.8, 4) is 0 Å². The number of anilines is 1. The number of amides is 2. The molecule has 40 heavy (non-hydrogen) atoms. The summed E-state index contributed by atoms with van der Waals surface area (Å²) in [6, 6.07) is 14.2. The van der Waals surface area contributed by atoms with E-state index in [4.69, 9.17) is 17.0 Å². The molecule has 0 bridgehead atoms. The molecule has 2 aliphatic heterocycles. The lowest BCUT2D eigenvalue weighted by molar-refractivity contribution is -0.122. The zero-order valence-corrected chi connectivity index (χ0v) is 25.8. The molecule has 4 rings (SSSR count). The first-order valence-corrected chi connectivity index (χ1v) is 15.8. The van der Waals surface area contributed by atoms with Gasteiger partial charge in [-0.25, -0.2) is 8.42 Å². The third kappa shape index (κ3) is 7.19. The number of hydrogen-bond acceptors (Lipinski definition) is 7. The average molecular weight is 602 g/mol. The van der Waals surface area contributed by atoms with Crippen LogP contribution in [0.15, 0.2) is 58.3 Å². The molecular weight excluding hydrogens is 567 g/mol. The van der Waals surface area contributed by atoms with E-state index in [2.05, 4.69) is 38.2 Å². The summed E-state index contributed by atoms with van der Waals surface area (Å²) in [5.41, 5.74) is 2.63. The molecule has 214 valence electrons. The minimum absolute atomic E-state index is 0.0445. The van der Waals surface area contributed by atoms with Crippen LogP contribution in [0.1, 0.15) is 52.2 Å². The summed E-state index contributed by atoms with van der Waals surface area (Å²) in [4.78, 5) is 27.7. The monoisotopic (exact) mass is 601 g/mol. The van der Waals surface area contributed by atoms with E-state index in [9.17, 15) is 18.0 Å². The summed E-state index contributed by atoms with van der Waals surface area (Å²) < 4.78 is 33.6. The van der Waals surface area contributed by atoms with E-state index in [1.807, 2.05) is 32.1 Å². The van der Waals surface area contributed by atoms with Gasteiger partial charge >= 0.3 is 0 Å². The summed E-state index contributed by atoms with van der Waals surface area (Å²) in [5, 5.41) is 2.77. The van der Waals surface area contributed by atoms with Gasteiger partial charge in [-0.2, -0.15) is 4.31 Å². The highest BCUT2D eigenvalue weighted by atomic mass is 32.2. The Labute approximate surface area is 246 Å². The molecule has 2 atom stereocenters. The SMILES string of the molecule is C[C@H]1CN(S(=O)(=O)c2ccc(NC(=O)CCN3C(=O)/C(=C/c4ccc(C(C)(C)C)cc4)SC3=S)cc2)C[C@H](C)O1. The normalized spacial score (nSPS) is 21.7. The number of nitrogens with zero attached hydrogens (tertiary/aromatic N) is 2. The van der Waals surface area contributed by atoms with Crippen molar-refractivity contribution in [3.05, 3.63) is 64.6 Å². The minimum atomic E-state index is -3.67. The minimum Gasteiger partial charge on any atom is -0.373 e. The Bertz CT molecular complexity index is 1400. The molecule has 0 radical (unpaired) electrons. The van der Waals surface area contributed by atoms with Crippen LogP contribution >= 0.6 is 24.0 Å². The Morgan fingerprint density at radius 2 is 1.68 bits per heavy atom. The predicted molar refractivity (Wildman–Crippen MR) is 163 cm³/mol. The van der Waals surface area contributed by atoms with Gasteiger partial charge in [-0.05, 0) is 60.7 Å². The van der Waals surface area contributed by atoms with Crippen molar-refractivity contribution in [3.63, 3.8) is 0 Å². The van der Waals surface area contributed by atoms with E-state index in [-0.39, 0.29) is 47.3 Å². The molecule has 2 amide bonds. The molecule has 1 N–H and O–H groups in total. The van der Waals surface area contributed by atoms with Crippen molar-refractivity contribution in [2.24, 2.45) is 0 Å². The summed E-state index contributed by atoms with van der Waals surface area (Å²) in [5.74, 6) is -0.522. The fourth-order valence-corrected chi connectivity index (χ4v) is 7.45. The molecule has 11 heteroatoms. The highest BCUT2D eigenvalue weighted by Crippen LogP contribution is 2.33. The molecule has 0 aliphatic carbocycles. The van der Waals surface area contributed by atoms with Crippen LogP contribution in [0.3, 0.4) is 0 Å². The number of thioether (sulfide) groups is 1. The number of nitrogens with one attached hydrogen (secondary N) is 1. The van der Waals surface area contributed by atoms with E-state index >= 15 is 0 Å². The fraction of sp³-hybridized carbons (Fsp3) is 0.414. The molecule has 2 saturated heterocycles. The molecule has 2 aromatic carbocycles. The van der Waals surface area contributed by atoms with Gasteiger partial charge in [0, 0.05) is 31.7 Å². The third-order valence-corrected chi connectivity index (χ3v) is 9.90. The number of thiocarbonyl (C=S) groups is 1. The molecule has 2 aliphatic rings. The Morgan fingerprint density at radius 1 is 1.07 bits per heavy atom. The molecule has 0 aromatic heterocycles. The quantitative estimate of drug-likeness (QED) is 0.352. The van der Waals surface area contributed by atoms with Crippen molar-refractivity contribution >= 4 is 61.9 Å². The molecule has 2 heterocycles. The van der Waals surface area contributed by atoms with Gasteiger partial charge < -0.3 is 10.1 Å². The van der Waals surface area contributed by atoms with E-state index in [1.165, 1.54) is 38.7 Å². The van der Waals surface area contributed by atoms with Crippen LogP contribution in [-0.2, 0) is 29.8 Å². The maximum atomic E-state index is 13.0. The Morgan fingerprint density at radius 3 is 2.25 bits per heavy atom. The van der Waals surface area contributed by atoms with Gasteiger partial charge in [0.25, 0.3) is 5.91 Å². The van der Waals surface area contributed by atoms with Crippen molar-refractivity contribution in [1.82, 2.24) is 9.21 Å². The van der Waals surface area contributed by atoms with E-state index in [1.54, 1.807) is 12.1 Å². The fourth-order valence-electron chi connectivity index (χ4n) is 4.55. The van der Waals surface area contributed by atoms with Crippen LogP contribution in [-0.4, -0.2) is 65.6 Å². The van der Waals surface area contributed by atoms with Gasteiger partial charge in [-0.15, -0.1) is 0 Å². The van der Waals surface area contributed by atoms with Crippen LogP contribution in [0.25, 0.3) is 6.08 Å². The van der Waals surface area contributed by atoms with E-state index in [0.717, 1.165) is 5.56 Å². The smallest absolute Gasteiger partial charge is 0.266 e. The number of benzene rings is 2. The third-order valence-electron chi connectivity index (χ3n) is 6.67. The largest absolute Gasteiger partial charge is 0.373 e. The van der Waals surface area contributed by atoms with Gasteiger partial charge in [0.2, 0.25) is 15.9 Å². The zero-order chi connectivity index (χ0) is 29.2. The van der Waals surface area contributed by atoms with E-state index < -0.39 is 10.0 Å². The van der Waals surface area contributed by atoms with Crippen molar-refractivity contribution < 1.29 is 22.7 Å². The highest BCUT2D eigenvalue weighted by Gasteiger charge is 2.33. The molecule has 0 saturated carbocycles. The second-order valence-corrected chi connectivity index (χ2v) is 14.7. The first kappa shape index (κ1) is 30.4. The van der Waals surface area contributed by atoms with Crippen molar-refractivity contribution in [2.45, 2.75) is 63.6 Å². The van der Waals surface area contributed by atoms with Gasteiger partial charge in [0.1, 0.15) is 4.32 Å². The molecule has 0 spiro atoms. The Hall–Kier alpha value is -2.57. The molecular formula is C29H35N3O5S3. The lowest BCUT2D eigenvalue weighted by atomic mass is 9.87. The molecule has 0 unspecified atom stereocenters. The van der Waals surface area contributed by atoms with Crippen molar-refractivity contribution in [1.29, 1.82) is 0 Å². The molecule has 2 aromatic rings. The lowest BCUT2D eigenvalue weighted by Gasteiger charge is -2.34. The Balaban J connectivity index is 1.32. The van der Waals surface area contributed by atoms with Gasteiger partial charge in [-0.3, -0.25) is 14.5 Å². The summed E-state index contributed by atoms with van der Waals surface area (Å²) in [7, 11) is -3.67. The number of hydrogen-bond donors (Lipinski definition) is 1. The number of carbonyl (C=O) groups is 2. The van der Waals surface area contributed by atoms with Gasteiger partial charge in [0.05, 0.1) is 22.0 Å². The van der Waals surface area contributed by atoms with E-state index in [0.29, 0.717) is 28.0 Å². The van der Waals surface area contributed by atoms with Gasteiger partial charge in [0.15, 0.2) is 0 Å². The number of rotatable bonds is 7. The first-order chi connectivity index (χ1) is 18.7. The summed E-state index contributed by atoms with van der Waals surface area (Å²) in [6.07, 6.45) is 1.50. The highest BCUT2D eigenvalue weighted by molar-refractivity contribution is 8.26. The van der Waals surface area contributed by atoms with Crippen molar-refractivity contribution in [2.75, 3.05) is 25.0 Å². The summed E-state index contributed by atoms with van der Waals surface area (Å²) in [6.45, 7) is 10.9. The van der Waals surface area contributed by atoms with Crippen LogP contribution < -0.4 is 5.32 Å². The van der Waals surface area contributed by atoms with Crippen LogP contribution in [0.2, 0.25) is 0 Å². The van der Waals surface area contributed by atoms with Crippen LogP contribution in [0.4, 0.5) is 5.69 Å². The zero-order valence-electron chi connectivity index (χ0n) is 23.3. The second kappa shape index (κ2) is 12.1. The first-order valence-electron chi connectivity index (χ1n) is 13.2. The number of ether oxygens (including phenoxy) is 1. The van der Waals surface area contributed by atoms with Gasteiger partial charge in [-0.1, -0.05) is 69.0 Å². The van der Waals surface area contributed by atoms with Crippen LogP contribution in [0.5, 0.6) is 0 Å². The average Bonchev–Trinajstić information content (AvgIpc) is 3.14. The van der Waals surface area contributed by atoms with Crippen LogP contribution in [0, 0.1) is 0 Å².